The smallest absolute Gasteiger partial charge is 0.308 e. The van der Waals surface area contributed by atoms with Gasteiger partial charge in [-0.3, -0.25) is 14.9 Å². The normalized spacial score (nSPS) is 18.9. The van der Waals surface area contributed by atoms with Gasteiger partial charge in [0.25, 0.3) is 5.69 Å². The summed E-state index contributed by atoms with van der Waals surface area (Å²) in [4.78, 5) is 23.1. The Morgan fingerprint density at radius 3 is 2.85 bits per heavy atom. The van der Waals surface area contributed by atoms with E-state index in [9.17, 15) is 19.3 Å². The van der Waals surface area contributed by atoms with E-state index in [-0.39, 0.29) is 22.4 Å². The second-order valence-corrected chi connectivity index (χ2v) is 5.49. The van der Waals surface area contributed by atoms with Gasteiger partial charge < -0.3 is 10.0 Å². The van der Waals surface area contributed by atoms with E-state index < -0.39 is 22.6 Å². The number of anilines is 1. The van der Waals surface area contributed by atoms with Gasteiger partial charge >= 0.3 is 5.97 Å². The summed E-state index contributed by atoms with van der Waals surface area (Å²) in [7, 11) is 0. The molecule has 2 rings (SSSR count). The van der Waals surface area contributed by atoms with Gasteiger partial charge in [-0.05, 0) is 28.8 Å². The summed E-state index contributed by atoms with van der Waals surface area (Å²) in [6, 6.07) is 2.18. The molecule has 0 saturated carbocycles. The molecule has 0 radical (unpaired) electrons. The van der Waals surface area contributed by atoms with Crippen molar-refractivity contribution in [2.45, 2.75) is 12.8 Å². The molecule has 1 aromatic rings. The van der Waals surface area contributed by atoms with Gasteiger partial charge in [0.05, 0.1) is 15.3 Å². The minimum Gasteiger partial charge on any atom is -0.481 e. The highest BCUT2D eigenvalue weighted by Crippen LogP contribution is 2.35. The predicted molar refractivity (Wildman–Crippen MR) is 73.3 cm³/mol. The number of nitro groups is 1. The van der Waals surface area contributed by atoms with E-state index in [0.29, 0.717) is 19.4 Å². The zero-order valence-corrected chi connectivity index (χ0v) is 12.0. The Morgan fingerprint density at radius 1 is 1.55 bits per heavy atom. The Kier molecular flexibility index (Phi) is 4.22. The van der Waals surface area contributed by atoms with Gasteiger partial charge in [-0.15, -0.1) is 0 Å². The Morgan fingerprint density at radius 2 is 2.25 bits per heavy atom. The third-order valence-electron chi connectivity index (χ3n) is 3.33. The number of carboxylic acids is 1. The molecule has 8 heteroatoms. The number of nitrogens with zero attached hydrogens (tertiary/aromatic N) is 2. The van der Waals surface area contributed by atoms with Gasteiger partial charge in [-0.25, -0.2) is 4.39 Å². The molecule has 1 heterocycles. The molecule has 0 spiro atoms. The Bertz CT molecular complexity index is 567. The Labute approximate surface area is 122 Å². The van der Waals surface area contributed by atoms with Crippen LogP contribution in [0.2, 0.25) is 0 Å². The number of carbonyl (C=O) groups is 1. The van der Waals surface area contributed by atoms with Crippen molar-refractivity contribution in [1.82, 2.24) is 0 Å². The molecule has 1 atom stereocenters. The van der Waals surface area contributed by atoms with Crippen LogP contribution >= 0.6 is 15.9 Å². The molecule has 1 aromatic carbocycles. The van der Waals surface area contributed by atoms with Crippen molar-refractivity contribution in [3.05, 3.63) is 32.5 Å². The monoisotopic (exact) mass is 346 g/mol. The summed E-state index contributed by atoms with van der Waals surface area (Å²) in [5, 5.41) is 20.1. The summed E-state index contributed by atoms with van der Waals surface area (Å²) in [5.74, 6) is -2.13. The zero-order valence-electron chi connectivity index (χ0n) is 10.4. The minimum atomic E-state index is -0.935. The van der Waals surface area contributed by atoms with E-state index in [0.717, 1.165) is 12.1 Å². The average molecular weight is 347 g/mol. The van der Waals surface area contributed by atoms with Gasteiger partial charge in [0, 0.05) is 25.2 Å². The first-order valence-electron chi connectivity index (χ1n) is 6.01. The zero-order chi connectivity index (χ0) is 14.9. The molecule has 20 heavy (non-hydrogen) atoms. The fraction of sp³-hybridized carbons (Fsp3) is 0.417. The lowest BCUT2D eigenvalue weighted by molar-refractivity contribution is -0.384. The van der Waals surface area contributed by atoms with Crippen molar-refractivity contribution in [3.8, 4) is 0 Å². The summed E-state index contributed by atoms with van der Waals surface area (Å²) in [6.45, 7) is 0.628. The quantitative estimate of drug-likeness (QED) is 0.671. The molecule has 1 N–H and O–H groups in total. The molecule has 1 fully saturated rings. The van der Waals surface area contributed by atoms with Crippen LogP contribution in [0.4, 0.5) is 15.8 Å². The van der Waals surface area contributed by atoms with Crippen LogP contribution in [-0.4, -0.2) is 29.1 Å². The molecule has 1 unspecified atom stereocenters. The highest BCUT2D eigenvalue weighted by atomic mass is 79.9. The topological polar surface area (TPSA) is 83.7 Å². The summed E-state index contributed by atoms with van der Waals surface area (Å²) < 4.78 is 13.6. The van der Waals surface area contributed by atoms with Gasteiger partial charge in [-0.1, -0.05) is 0 Å². The second-order valence-electron chi connectivity index (χ2n) is 4.64. The maximum Gasteiger partial charge on any atom is 0.308 e. The Balaban J connectivity index is 2.38. The molecule has 1 aliphatic rings. The molecule has 108 valence electrons. The predicted octanol–water partition coefficient (Wildman–Crippen LogP) is 2.80. The van der Waals surface area contributed by atoms with Crippen molar-refractivity contribution in [3.63, 3.8) is 0 Å². The number of hydrogen-bond donors (Lipinski definition) is 1. The van der Waals surface area contributed by atoms with Gasteiger partial charge in [0.1, 0.15) is 11.5 Å². The lowest BCUT2D eigenvalue weighted by Gasteiger charge is -2.32. The van der Waals surface area contributed by atoms with Gasteiger partial charge in [-0.2, -0.15) is 0 Å². The van der Waals surface area contributed by atoms with E-state index in [4.69, 9.17) is 5.11 Å². The van der Waals surface area contributed by atoms with Crippen molar-refractivity contribution in [1.29, 1.82) is 0 Å². The number of halogens is 2. The van der Waals surface area contributed by atoms with Crippen molar-refractivity contribution < 1.29 is 19.2 Å². The SMILES string of the molecule is O=C(O)C1CCCN(c2cc(F)c(Br)cc2[N+](=O)[O-])C1. The van der Waals surface area contributed by atoms with E-state index >= 15 is 0 Å². The fourth-order valence-corrected chi connectivity index (χ4v) is 2.65. The summed E-state index contributed by atoms with van der Waals surface area (Å²) in [6.07, 6.45) is 1.13. The van der Waals surface area contributed by atoms with E-state index in [1.807, 2.05) is 0 Å². The largest absolute Gasteiger partial charge is 0.481 e. The third kappa shape index (κ3) is 2.90. The number of piperidine rings is 1. The number of rotatable bonds is 3. The molecule has 0 amide bonds. The van der Waals surface area contributed by atoms with Crippen LogP contribution in [0.15, 0.2) is 16.6 Å². The average Bonchev–Trinajstić information content (AvgIpc) is 2.41. The number of nitro benzene ring substituents is 1. The van der Waals surface area contributed by atoms with Crippen LogP contribution in [0.25, 0.3) is 0 Å². The molecule has 6 nitrogen and oxygen atoms in total. The van der Waals surface area contributed by atoms with Crippen LogP contribution in [0.3, 0.4) is 0 Å². The van der Waals surface area contributed by atoms with Crippen LogP contribution in [0.1, 0.15) is 12.8 Å². The number of hydrogen-bond acceptors (Lipinski definition) is 4. The number of benzene rings is 1. The van der Waals surface area contributed by atoms with Crippen LogP contribution in [0, 0.1) is 21.8 Å². The van der Waals surface area contributed by atoms with Crippen molar-refractivity contribution in [2.24, 2.45) is 5.92 Å². The van der Waals surface area contributed by atoms with Gasteiger partial charge in [0.15, 0.2) is 0 Å². The van der Waals surface area contributed by atoms with Crippen molar-refractivity contribution >= 4 is 33.3 Å². The van der Waals surface area contributed by atoms with Crippen LogP contribution in [0.5, 0.6) is 0 Å². The van der Waals surface area contributed by atoms with E-state index in [1.54, 1.807) is 4.90 Å². The van der Waals surface area contributed by atoms with E-state index in [2.05, 4.69) is 15.9 Å². The van der Waals surface area contributed by atoms with Crippen LogP contribution in [-0.2, 0) is 4.79 Å². The first kappa shape index (κ1) is 14.7. The fourth-order valence-electron chi connectivity index (χ4n) is 2.32. The second kappa shape index (κ2) is 5.74. The van der Waals surface area contributed by atoms with E-state index in [1.165, 1.54) is 0 Å². The van der Waals surface area contributed by atoms with Crippen LogP contribution < -0.4 is 4.90 Å². The highest BCUT2D eigenvalue weighted by molar-refractivity contribution is 9.10. The molecule has 0 aliphatic carbocycles. The number of aliphatic carboxylic acids is 1. The first-order chi connectivity index (χ1) is 9.40. The Hall–Kier alpha value is -1.70. The molecular weight excluding hydrogens is 335 g/mol. The maximum atomic E-state index is 13.6. The van der Waals surface area contributed by atoms with Gasteiger partial charge in [0.2, 0.25) is 0 Å². The lowest BCUT2D eigenvalue weighted by Crippen LogP contribution is -2.39. The van der Waals surface area contributed by atoms with Crippen molar-refractivity contribution in [2.75, 3.05) is 18.0 Å². The maximum absolute atomic E-state index is 13.6. The highest BCUT2D eigenvalue weighted by Gasteiger charge is 2.30. The summed E-state index contributed by atoms with van der Waals surface area (Å²) in [5.41, 5.74) is -0.106. The molecule has 1 aliphatic heterocycles. The first-order valence-corrected chi connectivity index (χ1v) is 6.80. The molecule has 1 saturated heterocycles. The minimum absolute atomic E-state index is 0.0137. The molecule has 0 bridgehead atoms. The standard InChI is InChI=1S/C12H12BrFN2O4/c13-8-4-11(16(19)20)10(5-9(8)14)15-3-1-2-7(6-15)12(17)18/h4-5,7H,1-3,6H2,(H,17,18). The summed E-state index contributed by atoms with van der Waals surface area (Å²) >= 11 is 2.92. The molecular formula is C12H12BrFN2O4. The third-order valence-corrected chi connectivity index (χ3v) is 3.93. The molecule has 0 aromatic heterocycles. The number of carboxylic acid groups (broad SMARTS) is 1. The lowest BCUT2D eigenvalue weighted by atomic mass is 9.97.